The zero-order valence-electron chi connectivity index (χ0n) is 10.0. The van der Waals surface area contributed by atoms with E-state index >= 15 is 0 Å². The summed E-state index contributed by atoms with van der Waals surface area (Å²) >= 11 is -0.256. The molecule has 2 atom stereocenters. The van der Waals surface area contributed by atoms with Gasteiger partial charge in [0.1, 0.15) is 0 Å². The number of aliphatic hydroxyl groups excluding tert-OH is 1. The van der Waals surface area contributed by atoms with Crippen molar-refractivity contribution in [3.05, 3.63) is 29.8 Å². The van der Waals surface area contributed by atoms with E-state index in [0.29, 0.717) is 5.56 Å². The highest BCUT2D eigenvalue weighted by molar-refractivity contribution is 8.00. The van der Waals surface area contributed by atoms with Gasteiger partial charge in [0, 0.05) is 4.90 Å². The summed E-state index contributed by atoms with van der Waals surface area (Å²) in [5.74, 6) is -2.11. The number of aliphatic hydroxyl groups is 1. The fraction of sp³-hybridized carbons (Fsp3) is 0.417. The summed E-state index contributed by atoms with van der Waals surface area (Å²) < 4.78 is 36.4. The van der Waals surface area contributed by atoms with E-state index in [-0.39, 0.29) is 23.1 Å². The smallest absolute Gasteiger partial charge is 0.446 e. The van der Waals surface area contributed by atoms with Gasteiger partial charge in [-0.2, -0.15) is 13.2 Å². The fourth-order valence-electron chi connectivity index (χ4n) is 1.63. The molecule has 0 heterocycles. The van der Waals surface area contributed by atoms with Crippen LogP contribution in [-0.2, 0) is 4.79 Å². The number of carboxylic acid groups (broad SMARTS) is 1. The Bertz CT molecular complexity index is 431. The van der Waals surface area contributed by atoms with Gasteiger partial charge in [0.15, 0.2) is 0 Å². The number of carboxylic acids is 1. The Morgan fingerprint density at radius 3 is 2.21 bits per heavy atom. The lowest BCUT2D eigenvalue weighted by atomic mass is 9.94. The quantitative estimate of drug-likeness (QED) is 0.817. The summed E-state index contributed by atoms with van der Waals surface area (Å²) in [6.45, 7) is 1.62. The van der Waals surface area contributed by atoms with Crippen molar-refractivity contribution in [1.82, 2.24) is 0 Å². The van der Waals surface area contributed by atoms with Gasteiger partial charge < -0.3 is 10.2 Å². The van der Waals surface area contributed by atoms with Crippen LogP contribution in [-0.4, -0.2) is 21.7 Å². The summed E-state index contributed by atoms with van der Waals surface area (Å²) in [4.78, 5) is 10.9. The third-order valence-corrected chi connectivity index (χ3v) is 3.33. The average molecular weight is 294 g/mol. The van der Waals surface area contributed by atoms with E-state index in [1.807, 2.05) is 0 Å². The van der Waals surface area contributed by atoms with Gasteiger partial charge in [0.05, 0.1) is 12.0 Å². The van der Waals surface area contributed by atoms with Crippen molar-refractivity contribution in [2.75, 3.05) is 0 Å². The molecule has 0 fully saturated rings. The number of aliphatic carboxylic acids is 1. The molecule has 0 aliphatic carbocycles. The van der Waals surface area contributed by atoms with Gasteiger partial charge in [-0.05, 0) is 35.9 Å². The first kappa shape index (κ1) is 15.8. The first-order valence-corrected chi connectivity index (χ1v) is 6.33. The maximum absolute atomic E-state index is 12.1. The molecule has 1 rings (SSSR count). The second kappa shape index (κ2) is 6.29. The average Bonchev–Trinajstić information content (AvgIpc) is 2.28. The highest BCUT2D eigenvalue weighted by Gasteiger charge is 2.30. The van der Waals surface area contributed by atoms with Gasteiger partial charge in [0.2, 0.25) is 0 Å². The number of hydrogen-bond donors (Lipinski definition) is 2. The van der Waals surface area contributed by atoms with Crippen LogP contribution in [0.4, 0.5) is 13.2 Å². The lowest BCUT2D eigenvalue weighted by molar-refractivity contribution is -0.146. The van der Waals surface area contributed by atoms with Crippen LogP contribution < -0.4 is 0 Å². The van der Waals surface area contributed by atoms with Gasteiger partial charge >= 0.3 is 11.5 Å². The number of thioether (sulfide) groups is 1. The van der Waals surface area contributed by atoms with Crippen molar-refractivity contribution in [1.29, 1.82) is 0 Å². The summed E-state index contributed by atoms with van der Waals surface area (Å²) in [5, 5.41) is 18.8. The fourth-order valence-corrected chi connectivity index (χ4v) is 2.17. The summed E-state index contributed by atoms with van der Waals surface area (Å²) in [6, 6.07) is 5.05. The molecule has 0 saturated carbocycles. The minimum absolute atomic E-state index is 0.00757. The molecule has 0 spiro atoms. The molecule has 106 valence electrons. The molecular weight excluding hydrogens is 281 g/mol. The Labute approximate surface area is 112 Å². The van der Waals surface area contributed by atoms with Crippen LogP contribution >= 0.6 is 11.8 Å². The third kappa shape index (κ3) is 4.76. The first-order valence-electron chi connectivity index (χ1n) is 5.51. The molecule has 0 saturated heterocycles. The molecule has 2 unspecified atom stereocenters. The maximum atomic E-state index is 12.1. The highest BCUT2D eigenvalue weighted by Crippen LogP contribution is 2.37. The van der Waals surface area contributed by atoms with Gasteiger partial charge in [-0.15, -0.1) is 0 Å². The molecule has 1 aromatic carbocycles. The number of carbonyl (C=O) groups is 1. The Morgan fingerprint density at radius 1 is 1.32 bits per heavy atom. The molecule has 19 heavy (non-hydrogen) atoms. The maximum Gasteiger partial charge on any atom is 0.446 e. The number of halogens is 3. The normalized spacial score (nSPS) is 15.0. The van der Waals surface area contributed by atoms with E-state index in [4.69, 9.17) is 5.11 Å². The Kier molecular flexibility index (Phi) is 5.25. The number of hydrogen-bond acceptors (Lipinski definition) is 3. The lowest BCUT2D eigenvalue weighted by Gasteiger charge is -2.18. The van der Waals surface area contributed by atoms with E-state index in [2.05, 4.69) is 0 Å². The molecule has 0 aliphatic rings. The van der Waals surface area contributed by atoms with Gasteiger partial charge in [-0.1, -0.05) is 19.1 Å². The van der Waals surface area contributed by atoms with Gasteiger partial charge in [-0.25, -0.2) is 0 Å². The molecular formula is C12H13F3O3S. The summed E-state index contributed by atoms with van der Waals surface area (Å²) in [6.07, 6.45) is -0.998. The molecule has 0 radical (unpaired) electrons. The van der Waals surface area contributed by atoms with Crippen molar-refractivity contribution >= 4 is 17.7 Å². The SMILES string of the molecule is CCC(C(=O)O)C(O)c1ccc(SC(F)(F)F)cc1. The summed E-state index contributed by atoms with van der Waals surface area (Å²) in [7, 11) is 0. The van der Waals surface area contributed by atoms with E-state index in [1.165, 1.54) is 24.3 Å². The van der Waals surface area contributed by atoms with E-state index < -0.39 is 23.5 Å². The van der Waals surface area contributed by atoms with Crippen LogP contribution in [0.2, 0.25) is 0 Å². The van der Waals surface area contributed by atoms with E-state index in [9.17, 15) is 23.1 Å². The van der Waals surface area contributed by atoms with Crippen LogP contribution in [0.1, 0.15) is 25.0 Å². The second-order valence-electron chi connectivity index (χ2n) is 3.91. The minimum atomic E-state index is -4.37. The number of rotatable bonds is 5. The standard InChI is InChI=1S/C12H13F3O3S/c1-2-9(11(17)18)10(16)7-3-5-8(6-4-7)19-12(13,14)15/h3-6,9-10,16H,2H2,1H3,(H,17,18). The number of benzene rings is 1. The van der Waals surface area contributed by atoms with Crippen LogP contribution in [0.15, 0.2) is 29.2 Å². The molecule has 0 bridgehead atoms. The molecule has 3 nitrogen and oxygen atoms in total. The molecule has 1 aromatic rings. The molecule has 0 amide bonds. The monoisotopic (exact) mass is 294 g/mol. The van der Waals surface area contributed by atoms with Crippen molar-refractivity contribution in [2.45, 2.75) is 29.9 Å². The predicted octanol–water partition coefficient (Wildman–Crippen LogP) is 3.44. The van der Waals surface area contributed by atoms with E-state index in [1.54, 1.807) is 6.92 Å². The highest BCUT2D eigenvalue weighted by atomic mass is 32.2. The molecule has 0 aliphatic heterocycles. The third-order valence-electron chi connectivity index (χ3n) is 2.59. The minimum Gasteiger partial charge on any atom is -0.481 e. The molecule has 0 aromatic heterocycles. The van der Waals surface area contributed by atoms with Crippen LogP contribution in [0.25, 0.3) is 0 Å². The Hall–Kier alpha value is -1.21. The Morgan fingerprint density at radius 2 is 1.84 bits per heavy atom. The van der Waals surface area contributed by atoms with Crippen LogP contribution in [0, 0.1) is 5.92 Å². The second-order valence-corrected chi connectivity index (χ2v) is 5.05. The Balaban J connectivity index is 2.83. The molecule has 7 heteroatoms. The zero-order valence-corrected chi connectivity index (χ0v) is 10.8. The summed E-state index contributed by atoms with van der Waals surface area (Å²) in [5.41, 5.74) is -4.08. The van der Waals surface area contributed by atoms with E-state index in [0.717, 1.165) is 0 Å². The van der Waals surface area contributed by atoms with Gasteiger partial charge in [-0.3, -0.25) is 4.79 Å². The largest absolute Gasteiger partial charge is 0.481 e. The predicted molar refractivity (Wildman–Crippen MR) is 64.7 cm³/mol. The van der Waals surface area contributed by atoms with Crippen molar-refractivity contribution in [3.8, 4) is 0 Å². The van der Waals surface area contributed by atoms with Crippen molar-refractivity contribution < 1.29 is 28.2 Å². The topological polar surface area (TPSA) is 57.5 Å². The van der Waals surface area contributed by atoms with Crippen LogP contribution in [0.3, 0.4) is 0 Å². The van der Waals surface area contributed by atoms with Crippen molar-refractivity contribution in [2.24, 2.45) is 5.92 Å². The zero-order chi connectivity index (χ0) is 14.6. The van der Waals surface area contributed by atoms with Crippen molar-refractivity contribution in [3.63, 3.8) is 0 Å². The number of alkyl halides is 3. The lowest BCUT2D eigenvalue weighted by Crippen LogP contribution is -2.21. The van der Waals surface area contributed by atoms with Gasteiger partial charge in [0.25, 0.3) is 0 Å². The first-order chi connectivity index (χ1) is 8.74. The van der Waals surface area contributed by atoms with Crippen LogP contribution in [0.5, 0.6) is 0 Å². The molecule has 2 N–H and O–H groups in total.